The molecule has 4 aromatic rings. The normalized spacial score (nSPS) is 13.2. The molecule has 0 saturated heterocycles. The first-order chi connectivity index (χ1) is 16.7. The molecule has 0 aliphatic carbocycles. The highest BCUT2D eigenvalue weighted by atomic mass is 127. The van der Waals surface area contributed by atoms with Crippen LogP contribution in [0.4, 0.5) is 27.5 Å². The minimum absolute atomic E-state index is 0.00741. The predicted octanol–water partition coefficient (Wildman–Crippen LogP) is 6.61. The van der Waals surface area contributed by atoms with Crippen molar-refractivity contribution >= 4 is 45.1 Å². The highest BCUT2D eigenvalue weighted by molar-refractivity contribution is 14.1. The zero-order chi connectivity index (χ0) is 25.1. The van der Waals surface area contributed by atoms with E-state index in [1.165, 1.54) is 23.7 Å². The summed E-state index contributed by atoms with van der Waals surface area (Å²) >= 11 is 3.22. The highest BCUT2D eigenvalue weighted by Crippen LogP contribution is 2.38. The molecular formula is C24H17F4IN4OS. The molecule has 1 atom stereocenters. The number of alkyl halides is 3. The minimum atomic E-state index is -4.79. The van der Waals surface area contributed by atoms with E-state index in [9.17, 15) is 22.4 Å². The van der Waals surface area contributed by atoms with Gasteiger partial charge in [-0.1, -0.05) is 30.3 Å². The van der Waals surface area contributed by atoms with Gasteiger partial charge in [-0.25, -0.2) is 14.2 Å². The average Bonchev–Trinajstić information content (AvgIpc) is 3.31. The molecule has 0 radical (unpaired) electrons. The molecule has 4 rings (SSSR count). The van der Waals surface area contributed by atoms with Crippen LogP contribution >= 0.6 is 33.9 Å². The van der Waals surface area contributed by atoms with Crippen LogP contribution in [0.25, 0.3) is 0 Å². The van der Waals surface area contributed by atoms with Crippen LogP contribution in [-0.2, 0) is 18.1 Å². The van der Waals surface area contributed by atoms with Gasteiger partial charge in [0.15, 0.2) is 5.13 Å². The van der Waals surface area contributed by atoms with E-state index in [2.05, 4.69) is 20.6 Å². The Labute approximate surface area is 215 Å². The van der Waals surface area contributed by atoms with Crippen molar-refractivity contribution in [2.75, 3.05) is 5.32 Å². The Morgan fingerprint density at radius 1 is 1.00 bits per heavy atom. The molecule has 5 nitrogen and oxygen atoms in total. The van der Waals surface area contributed by atoms with Gasteiger partial charge in [-0.15, -0.1) is 11.3 Å². The van der Waals surface area contributed by atoms with Gasteiger partial charge >= 0.3 is 12.2 Å². The Hall–Kier alpha value is -3.06. The molecule has 180 valence electrons. The van der Waals surface area contributed by atoms with E-state index in [-0.39, 0.29) is 17.7 Å². The Morgan fingerprint density at radius 2 is 1.74 bits per heavy atom. The van der Waals surface area contributed by atoms with E-state index in [0.29, 0.717) is 16.8 Å². The fourth-order valence-electron chi connectivity index (χ4n) is 3.66. The first-order valence-electron chi connectivity index (χ1n) is 10.2. The Bertz CT molecular complexity index is 1300. The summed E-state index contributed by atoms with van der Waals surface area (Å²) in [7, 11) is 0. The van der Waals surface area contributed by atoms with Crippen LogP contribution < -0.4 is 10.6 Å². The van der Waals surface area contributed by atoms with Gasteiger partial charge in [0.2, 0.25) is 0 Å². The van der Waals surface area contributed by atoms with E-state index in [1.807, 2.05) is 22.6 Å². The number of halogens is 5. The van der Waals surface area contributed by atoms with Gasteiger partial charge in [0.25, 0.3) is 0 Å². The maximum absolute atomic E-state index is 14.6. The maximum Gasteiger partial charge on any atom is 0.416 e. The van der Waals surface area contributed by atoms with Crippen LogP contribution in [0, 0.1) is 9.39 Å². The number of pyridine rings is 1. The second-order valence-electron chi connectivity index (χ2n) is 7.57. The number of carbonyl (C=O) groups excluding carboxylic acids is 1. The molecular weight excluding hydrogens is 595 g/mol. The van der Waals surface area contributed by atoms with Crippen molar-refractivity contribution < 1.29 is 22.4 Å². The summed E-state index contributed by atoms with van der Waals surface area (Å²) in [6.07, 6.45) is -1.76. The summed E-state index contributed by atoms with van der Waals surface area (Å²) in [5, 5.41) is 7.33. The smallest absolute Gasteiger partial charge is 0.322 e. The van der Waals surface area contributed by atoms with Crippen molar-refractivity contribution in [1.29, 1.82) is 0 Å². The lowest BCUT2D eigenvalue weighted by Gasteiger charge is -2.35. The topological polar surface area (TPSA) is 66.9 Å². The largest absolute Gasteiger partial charge is 0.416 e. The summed E-state index contributed by atoms with van der Waals surface area (Å²) < 4.78 is 56.3. The number of carbonyl (C=O) groups is 1. The summed E-state index contributed by atoms with van der Waals surface area (Å²) in [6.45, 7) is 0. The molecule has 11 heteroatoms. The lowest BCUT2D eigenvalue weighted by molar-refractivity contribution is -0.137. The van der Waals surface area contributed by atoms with Gasteiger partial charge in [0.05, 0.1) is 11.3 Å². The quantitative estimate of drug-likeness (QED) is 0.190. The first-order valence-corrected chi connectivity index (χ1v) is 12.1. The molecule has 2 amide bonds. The molecule has 2 N–H and O–H groups in total. The van der Waals surface area contributed by atoms with Crippen LogP contribution in [-0.4, -0.2) is 16.0 Å². The number of nitrogens with one attached hydrogen (secondary N) is 2. The second kappa shape index (κ2) is 10.3. The Balaban J connectivity index is 1.92. The van der Waals surface area contributed by atoms with Gasteiger partial charge in [-0.05, 0) is 64.0 Å². The number of nitrogens with zero attached hydrogens (tertiary/aromatic N) is 2. The van der Waals surface area contributed by atoms with Gasteiger partial charge in [0, 0.05) is 27.8 Å². The van der Waals surface area contributed by atoms with Crippen molar-refractivity contribution in [3.05, 3.63) is 110 Å². The maximum atomic E-state index is 14.6. The van der Waals surface area contributed by atoms with Gasteiger partial charge in [0.1, 0.15) is 11.4 Å². The predicted molar refractivity (Wildman–Crippen MR) is 134 cm³/mol. The van der Waals surface area contributed by atoms with E-state index in [4.69, 9.17) is 0 Å². The van der Waals surface area contributed by atoms with Crippen LogP contribution in [0.5, 0.6) is 0 Å². The molecule has 0 bridgehead atoms. The van der Waals surface area contributed by atoms with Crippen molar-refractivity contribution in [1.82, 2.24) is 15.3 Å². The van der Waals surface area contributed by atoms with E-state index >= 15 is 0 Å². The third-order valence-electron chi connectivity index (χ3n) is 5.17. The first kappa shape index (κ1) is 25.0. The highest BCUT2D eigenvalue weighted by Gasteiger charge is 2.41. The summed E-state index contributed by atoms with van der Waals surface area (Å²) in [5.41, 5.74) is -1.97. The fourth-order valence-corrected chi connectivity index (χ4v) is 4.50. The Kier molecular flexibility index (Phi) is 7.36. The average molecular weight is 612 g/mol. The van der Waals surface area contributed by atoms with Gasteiger partial charge in [-0.3, -0.25) is 10.3 Å². The van der Waals surface area contributed by atoms with Crippen molar-refractivity contribution in [2.24, 2.45) is 0 Å². The molecule has 0 aliphatic heterocycles. The van der Waals surface area contributed by atoms with Crippen molar-refractivity contribution in [3.63, 3.8) is 0 Å². The molecule has 0 unspecified atom stereocenters. The van der Waals surface area contributed by atoms with E-state index in [1.54, 1.807) is 47.8 Å². The second-order valence-corrected chi connectivity index (χ2v) is 9.71. The molecule has 2 aromatic carbocycles. The number of amides is 2. The number of rotatable bonds is 6. The monoisotopic (exact) mass is 612 g/mol. The van der Waals surface area contributed by atoms with Crippen molar-refractivity contribution in [2.45, 2.75) is 18.1 Å². The van der Waals surface area contributed by atoms with Crippen LogP contribution in [0.3, 0.4) is 0 Å². The van der Waals surface area contributed by atoms with Crippen LogP contribution in [0.1, 0.15) is 22.4 Å². The lowest BCUT2D eigenvalue weighted by atomic mass is 9.80. The zero-order valence-electron chi connectivity index (χ0n) is 17.8. The number of benzene rings is 2. The molecule has 35 heavy (non-hydrogen) atoms. The Morgan fingerprint density at radius 3 is 2.37 bits per heavy atom. The third-order valence-corrected chi connectivity index (χ3v) is 6.50. The van der Waals surface area contributed by atoms with E-state index < -0.39 is 29.1 Å². The lowest BCUT2D eigenvalue weighted by Crippen LogP contribution is -2.50. The third kappa shape index (κ3) is 5.96. The number of thiazole rings is 1. The van der Waals surface area contributed by atoms with Gasteiger partial charge in [-0.2, -0.15) is 13.2 Å². The number of hydrogen-bond donors (Lipinski definition) is 2. The standard InChI is InChI=1S/C24H17F4IN4OS/c25-18-11-16(10-17(12-18)24(26,27)28)23(13-15-4-2-1-3-5-15,20-7-6-19(29)14-31-20)33-21(34)32-22-30-8-9-35-22/h1-12,14H,13H2,(H2,30,32,33,34)/t23-/m1/s1. The summed E-state index contributed by atoms with van der Waals surface area (Å²) in [4.78, 5) is 21.5. The van der Waals surface area contributed by atoms with Crippen LogP contribution in [0.15, 0.2) is 78.4 Å². The molecule has 0 aliphatic rings. The zero-order valence-corrected chi connectivity index (χ0v) is 20.8. The van der Waals surface area contributed by atoms with Crippen molar-refractivity contribution in [3.8, 4) is 0 Å². The number of anilines is 1. The van der Waals surface area contributed by atoms with Crippen LogP contribution in [0.2, 0.25) is 0 Å². The molecule has 0 saturated carbocycles. The SMILES string of the molecule is O=C(Nc1nccs1)N[C@](Cc1ccccc1)(c1cc(F)cc(C(F)(F)F)c1)c1ccc(I)cn1. The fraction of sp³-hybridized carbons (Fsp3) is 0.125. The molecule has 0 spiro atoms. The number of urea groups is 1. The van der Waals surface area contributed by atoms with E-state index in [0.717, 1.165) is 15.7 Å². The summed E-state index contributed by atoms with van der Waals surface area (Å²) in [5.74, 6) is -1.08. The van der Waals surface area contributed by atoms with Gasteiger partial charge < -0.3 is 5.32 Å². The molecule has 2 aromatic heterocycles. The number of hydrogen-bond acceptors (Lipinski definition) is 4. The molecule has 0 fully saturated rings. The molecule has 2 heterocycles. The minimum Gasteiger partial charge on any atom is -0.322 e. The summed E-state index contributed by atoms with van der Waals surface area (Å²) in [6, 6.07) is 13.7. The number of aromatic nitrogens is 2.